The molecule has 0 saturated heterocycles. The van der Waals surface area contributed by atoms with Gasteiger partial charge in [0.1, 0.15) is 5.75 Å². The molecule has 0 spiro atoms. The van der Waals surface area contributed by atoms with Gasteiger partial charge in [-0.1, -0.05) is 12.1 Å². The van der Waals surface area contributed by atoms with Gasteiger partial charge >= 0.3 is 17.9 Å². The van der Waals surface area contributed by atoms with Crippen LogP contribution in [0.4, 0.5) is 0 Å². The third-order valence-corrected chi connectivity index (χ3v) is 2.82. The molecule has 1 aromatic rings. The van der Waals surface area contributed by atoms with Gasteiger partial charge in [-0.25, -0.2) is 4.79 Å². The second-order valence-corrected chi connectivity index (χ2v) is 4.59. The van der Waals surface area contributed by atoms with Crippen molar-refractivity contribution in [2.45, 2.75) is 33.0 Å². The number of hydrogen-bond donors (Lipinski definition) is 0. The van der Waals surface area contributed by atoms with Gasteiger partial charge in [0.25, 0.3) is 0 Å². The maximum absolute atomic E-state index is 12.1. The minimum Gasteiger partial charge on any atom is -0.497 e. The van der Waals surface area contributed by atoms with Gasteiger partial charge in [0.2, 0.25) is 6.10 Å². The molecule has 0 fully saturated rings. The SMILES string of the molecule is CCOC(=O)C(OC(C)=O)C(OC(C)=O)c1ccc(OC)cc1. The average molecular weight is 324 g/mol. The van der Waals surface area contributed by atoms with Crippen molar-refractivity contribution in [1.82, 2.24) is 0 Å². The lowest BCUT2D eigenvalue weighted by Crippen LogP contribution is -2.36. The molecule has 1 rings (SSSR count). The molecule has 0 heterocycles. The summed E-state index contributed by atoms with van der Waals surface area (Å²) >= 11 is 0. The summed E-state index contributed by atoms with van der Waals surface area (Å²) in [5.41, 5.74) is 0.473. The van der Waals surface area contributed by atoms with E-state index in [0.717, 1.165) is 6.92 Å². The van der Waals surface area contributed by atoms with Crippen LogP contribution < -0.4 is 4.74 Å². The van der Waals surface area contributed by atoms with Crippen LogP contribution in [0.15, 0.2) is 24.3 Å². The number of carbonyl (C=O) groups excluding carboxylic acids is 3. The van der Waals surface area contributed by atoms with Gasteiger partial charge in [-0.15, -0.1) is 0 Å². The lowest BCUT2D eigenvalue weighted by molar-refractivity contribution is -0.181. The van der Waals surface area contributed by atoms with E-state index in [0.29, 0.717) is 11.3 Å². The summed E-state index contributed by atoms with van der Waals surface area (Å²) < 4.78 is 20.2. The van der Waals surface area contributed by atoms with E-state index in [1.807, 2.05) is 0 Å². The first-order chi connectivity index (χ1) is 10.9. The lowest BCUT2D eigenvalue weighted by Gasteiger charge is -2.25. The lowest BCUT2D eigenvalue weighted by atomic mass is 10.0. The highest BCUT2D eigenvalue weighted by atomic mass is 16.6. The fourth-order valence-electron chi connectivity index (χ4n) is 1.91. The third-order valence-electron chi connectivity index (χ3n) is 2.82. The number of esters is 3. The van der Waals surface area contributed by atoms with E-state index < -0.39 is 30.1 Å². The molecule has 0 aliphatic heterocycles. The van der Waals surface area contributed by atoms with Crippen LogP contribution in [0.5, 0.6) is 5.75 Å². The Hall–Kier alpha value is -2.57. The Kier molecular flexibility index (Phi) is 7.05. The Morgan fingerprint density at radius 3 is 2.00 bits per heavy atom. The first-order valence-electron chi connectivity index (χ1n) is 7.04. The minimum absolute atomic E-state index is 0.103. The molecule has 0 amide bonds. The Morgan fingerprint density at radius 1 is 1.00 bits per heavy atom. The van der Waals surface area contributed by atoms with E-state index in [-0.39, 0.29) is 6.61 Å². The van der Waals surface area contributed by atoms with E-state index in [1.165, 1.54) is 14.0 Å². The molecule has 0 bridgehead atoms. The van der Waals surface area contributed by atoms with Crippen LogP contribution in [0.3, 0.4) is 0 Å². The van der Waals surface area contributed by atoms with E-state index in [2.05, 4.69) is 0 Å². The van der Waals surface area contributed by atoms with Gasteiger partial charge in [-0.3, -0.25) is 9.59 Å². The maximum atomic E-state index is 12.1. The van der Waals surface area contributed by atoms with Gasteiger partial charge < -0.3 is 18.9 Å². The molecule has 126 valence electrons. The number of methoxy groups -OCH3 is 1. The van der Waals surface area contributed by atoms with Crippen molar-refractivity contribution in [3.8, 4) is 5.75 Å². The second kappa shape index (κ2) is 8.77. The zero-order valence-corrected chi connectivity index (χ0v) is 13.5. The van der Waals surface area contributed by atoms with Crippen LogP contribution in [-0.4, -0.2) is 37.7 Å². The second-order valence-electron chi connectivity index (χ2n) is 4.59. The molecule has 7 nitrogen and oxygen atoms in total. The van der Waals surface area contributed by atoms with Crippen molar-refractivity contribution < 1.29 is 33.3 Å². The fourth-order valence-corrected chi connectivity index (χ4v) is 1.91. The van der Waals surface area contributed by atoms with Crippen molar-refractivity contribution in [3.05, 3.63) is 29.8 Å². The quantitative estimate of drug-likeness (QED) is 0.558. The molecule has 1 aromatic carbocycles. The zero-order valence-electron chi connectivity index (χ0n) is 13.5. The Bertz CT molecular complexity index is 550. The van der Waals surface area contributed by atoms with E-state index in [1.54, 1.807) is 31.2 Å². The Labute approximate surface area is 134 Å². The standard InChI is InChI=1S/C16H20O7/c1-5-21-16(19)15(23-11(3)18)14(22-10(2)17)12-6-8-13(20-4)9-7-12/h6-9,14-15H,5H2,1-4H3. The average Bonchev–Trinajstić information content (AvgIpc) is 2.50. The summed E-state index contributed by atoms with van der Waals surface area (Å²) in [5, 5.41) is 0. The number of ether oxygens (including phenoxy) is 4. The molecule has 0 N–H and O–H groups in total. The molecule has 23 heavy (non-hydrogen) atoms. The van der Waals surface area contributed by atoms with Crippen molar-refractivity contribution in [2.75, 3.05) is 13.7 Å². The smallest absolute Gasteiger partial charge is 0.351 e. The molecule has 0 aromatic heterocycles. The summed E-state index contributed by atoms with van der Waals surface area (Å²) in [6.45, 7) is 4.08. The van der Waals surface area contributed by atoms with Gasteiger partial charge in [0.15, 0.2) is 6.10 Å². The summed E-state index contributed by atoms with van der Waals surface area (Å²) in [6, 6.07) is 6.51. The van der Waals surface area contributed by atoms with E-state index in [9.17, 15) is 14.4 Å². The molecule has 2 unspecified atom stereocenters. The minimum atomic E-state index is -1.38. The van der Waals surface area contributed by atoms with Gasteiger partial charge in [0.05, 0.1) is 13.7 Å². The molecule has 0 aliphatic rings. The predicted molar refractivity (Wildman–Crippen MR) is 79.7 cm³/mol. The highest BCUT2D eigenvalue weighted by Gasteiger charge is 2.36. The largest absolute Gasteiger partial charge is 0.497 e. The van der Waals surface area contributed by atoms with Gasteiger partial charge in [0, 0.05) is 13.8 Å². The number of carbonyl (C=O) groups is 3. The van der Waals surface area contributed by atoms with Crippen molar-refractivity contribution in [2.24, 2.45) is 0 Å². The fraction of sp³-hybridized carbons (Fsp3) is 0.438. The molecular formula is C16H20O7. The molecule has 2 atom stereocenters. The van der Waals surface area contributed by atoms with Crippen molar-refractivity contribution in [1.29, 1.82) is 0 Å². The summed E-state index contributed by atoms with van der Waals surface area (Å²) in [6.07, 6.45) is -2.49. The molecule has 0 saturated carbocycles. The maximum Gasteiger partial charge on any atom is 0.351 e. The number of benzene rings is 1. The highest BCUT2D eigenvalue weighted by Crippen LogP contribution is 2.27. The van der Waals surface area contributed by atoms with Crippen LogP contribution in [0, 0.1) is 0 Å². The first-order valence-corrected chi connectivity index (χ1v) is 7.04. The molecule has 0 aliphatic carbocycles. The predicted octanol–water partition coefficient (Wildman–Crippen LogP) is 1.79. The third kappa shape index (κ3) is 5.61. The monoisotopic (exact) mass is 324 g/mol. The summed E-state index contributed by atoms with van der Waals surface area (Å²) in [7, 11) is 1.51. The van der Waals surface area contributed by atoms with Crippen LogP contribution in [0.25, 0.3) is 0 Å². The molecule has 7 heteroatoms. The Morgan fingerprint density at radius 2 is 1.57 bits per heavy atom. The zero-order chi connectivity index (χ0) is 17.4. The topological polar surface area (TPSA) is 88.1 Å². The normalized spacial score (nSPS) is 12.7. The van der Waals surface area contributed by atoms with Crippen LogP contribution in [0.2, 0.25) is 0 Å². The Balaban J connectivity index is 3.18. The summed E-state index contributed by atoms with van der Waals surface area (Å²) in [4.78, 5) is 34.8. The molecular weight excluding hydrogens is 304 g/mol. The molecule has 0 radical (unpaired) electrons. The highest BCUT2D eigenvalue weighted by molar-refractivity contribution is 5.80. The van der Waals surface area contributed by atoms with Crippen LogP contribution in [0.1, 0.15) is 32.4 Å². The van der Waals surface area contributed by atoms with E-state index in [4.69, 9.17) is 18.9 Å². The van der Waals surface area contributed by atoms with Crippen LogP contribution >= 0.6 is 0 Å². The van der Waals surface area contributed by atoms with Gasteiger partial charge in [-0.2, -0.15) is 0 Å². The summed E-state index contributed by atoms with van der Waals surface area (Å²) in [5.74, 6) is -1.50. The van der Waals surface area contributed by atoms with E-state index >= 15 is 0 Å². The number of hydrogen-bond acceptors (Lipinski definition) is 7. The van der Waals surface area contributed by atoms with Crippen LogP contribution in [-0.2, 0) is 28.6 Å². The first kappa shape index (κ1) is 18.5. The van der Waals surface area contributed by atoms with Gasteiger partial charge in [-0.05, 0) is 24.6 Å². The number of rotatable bonds is 7. The van der Waals surface area contributed by atoms with Crippen molar-refractivity contribution in [3.63, 3.8) is 0 Å². The van der Waals surface area contributed by atoms with Crippen molar-refractivity contribution >= 4 is 17.9 Å².